The van der Waals surface area contributed by atoms with Gasteiger partial charge in [-0.3, -0.25) is 0 Å². The SMILES string of the molecule is C=C/C=C\C=C(/C)C(Cc1ccccc1)(C1=CC=CC(C(C)(F)F)C1)c1ccc(N(C)C)cc1. The summed E-state index contributed by atoms with van der Waals surface area (Å²) in [5, 5.41) is 0. The van der Waals surface area contributed by atoms with Crippen LogP contribution in [0.2, 0.25) is 0 Å². The molecule has 0 N–H and O–H groups in total. The Hall–Kier alpha value is -3.20. The standard InChI is InChI=1S/C31H35F2N/c1-6-7-9-13-24(2)31(23-25-14-10-8-11-15-25,26-18-20-29(21-19-26)34(4)5)28-17-12-16-27(22-28)30(3,32)33/h6-21,27H,1,22-23H2,2-5H3/b9-7-,24-13+. The van der Waals surface area contributed by atoms with Gasteiger partial charge in [0.25, 0.3) is 5.92 Å². The second-order valence-corrected chi connectivity index (χ2v) is 9.32. The normalized spacial score (nSPS) is 18.5. The third-order valence-electron chi connectivity index (χ3n) is 6.74. The van der Waals surface area contributed by atoms with Gasteiger partial charge in [-0.2, -0.15) is 0 Å². The monoisotopic (exact) mass is 459 g/mol. The zero-order chi connectivity index (χ0) is 24.8. The maximum atomic E-state index is 14.5. The van der Waals surface area contributed by atoms with E-state index >= 15 is 0 Å². The Morgan fingerprint density at radius 2 is 1.74 bits per heavy atom. The van der Waals surface area contributed by atoms with Crippen LogP contribution in [0.25, 0.3) is 0 Å². The van der Waals surface area contributed by atoms with Crippen molar-refractivity contribution in [1.82, 2.24) is 0 Å². The van der Waals surface area contributed by atoms with Gasteiger partial charge in [0, 0.05) is 31.1 Å². The van der Waals surface area contributed by atoms with Crippen LogP contribution in [0.15, 0.2) is 115 Å². The molecule has 0 spiro atoms. The molecule has 1 nitrogen and oxygen atoms in total. The first kappa shape index (κ1) is 25.4. The van der Waals surface area contributed by atoms with E-state index in [4.69, 9.17) is 0 Å². The third-order valence-corrected chi connectivity index (χ3v) is 6.74. The van der Waals surface area contributed by atoms with Crippen LogP contribution in [-0.2, 0) is 11.8 Å². The van der Waals surface area contributed by atoms with E-state index in [9.17, 15) is 8.78 Å². The number of allylic oxidation sites excluding steroid dienone is 9. The van der Waals surface area contributed by atoms with Gasteiger partial charge >= 0.3 is 0 Å². The zero-order valence-electron chi connectivity index (χ0n) is 20.6. The summed E-state index contributed by atoms with van der Waals surface area (Å²) in [5.41, 5.74) is 4.90. The second-order valence-electron chi connectivity index (χ2n) is 9.32. The molecule has 2 atom stereocenters. The molecule has 0 fully saturated rings. The molecule has 0 heterocycles. The summed E-state index contributed by atoms with van der Waals surface area (Å²) in [5.74, 6) is -3.62. The van der Waals surface area contributed by atoms with Gasteiger partial charge in [0.1, 0.15) is 0 Å². The van der Waals surface area contributed by atoms with Crippen LogP contribution in [0, 0.1) is 5.92 Å². The Morgan fingerprint density at radius 1 is 1.06 bits per heavy atom. The largest absolute Gasteiger partial charge is 0.378 e. The van der Waals surface area contributed by atoms with Crippen LogP contribution in [0.3, 0.4) is 0 Å². The lowest BCUT2D eigenvalue weighted by atomic mass is 9.62. The Balaban J connectivity index is 2.26. The van der Waals surface area contributed by atoms with Crippen LogP contribution in [0.1, 0.15) is 31.4 Å². The lowest BCUT2D eigenvalue weighted by molar-refractivity contribution is -0.0218. The Kier molecular flexibility index (Phi) is 8.09. The highest BCUT2D eigenvalue weighted by Crippen LogP contribution is 2.48. The van der Waals surface area contributed by atoms with Crippen molar-refractivity contribution >= 4 is 5.69 Å². The number of anilines is 1. The molecule has 0 aliphatic heterocycles. The summed E-state index contributed by atoms with van der Waals surface area (Å²) in [6.45, 7) is 6.90. The molecule has 0 aromatic heterocycles. The smallest absolute Gasteiger partial charge is 0.251 e. The van der Waals surface area contributed by atoms with Crippen molar-refractivity contribution in [1.29, 1.82) is 0 Å². The fourth-order valence-electron chi connectivity index (χ4n) is 4.73. The Labute approximate surface area is 203 Å². The van der Waals surface area contributed by atoms with E-state index in [-0.39, 0.29) is 0 Å². The number of benzene rings is 2. The van der Waals surface area contributed by atoms with Gasteiger partial charge in [-0.1, -0.05) is 103 Å². The van der Waals surface area contributed by atoms with Gasteiger partial charge in [-0.05, 0) is 49.9 Å². The van der Waals surface area contributed by atoms with Crippen molar-refractivity contribution in [2.24, 2.45) is 5.92 Å². The summed E-state index contributed by atoms with van der Waals surface area (Å²) in [6, 6.07) is 18.8. The summed E-state index contributed by atoms with van der Waals surface area (Å²) in [4.78, 5) is 2.06. The van der Waals surface area contributed by atoms with Crippen LogP contribution >= 0.6 is 0 Å². The summed E-state index contributed by atoms with van der Waals surface area (Å²) < 4.78 is 28.9. The lowest BCUT2D eigenvalue weighted by Gasteiger charge is -2.41. The number of halogens is 2. The first-order valence-corrected chi connectivity index (χ1v) is 11.7. The predicted octanol–water partition coefficient (Wildman–Crippen LogP) is 8.08. The summed E-state index contributed by atoms with van der Waals surface area (Å²) >= 11 is 0. The fourth-order valence-corrected chi connectivity index (χ4v) is 4.73. The van der Waals surface area contributed by atoms with E-state index in [2.05, 4.69) is 60.9 Å². The van der Waals surface area contributed by atoms with E-state index in [0.29, 0.717) is 12.8 Å². The van der Waals surface area contributed by atoms with Gasteiger partial charge in [-0.25, -0.2) is 8.78 Å². The van der Waals surface area contributed by atoms with Crippen LogP contribution in [-0.4, -0.2) is 20.0 Å². The van der Waals surface area contributed by atoms with E-state index in [1.165, 1.54) is 0 Å². The number of alkyl halides is 2. The molecule has 2 aromatic rings. The summed E-state index contributed by atoms with van der Waals surface area (Å²) in [7, 11) is 4.03. The quantitative estimate of drug-likeness (QED) is 0.343. The van der Waals surface area contributed by atoms with Crippen LogP contribution in [0.4, 0.5) is 14.5 Å². The highest BCUT2D eigenvalue weighted by molar-refractivity contribution is 5.55. The topological polar surface area (TPSA) is 3.24 Å². The maximum Gasteiger partial charge on any atom is 0.251 e. The average Bonchev–Trinajstić information content (AvgIpc) is 2.83. The molecule has 178 valence electrons. The number of hydrogen-bond acceptors (Lipinski definition) is 1. The highest BCUT2D eigenvalue weighted by atomic mass is 19.3. The average molecular weight is 460 g/mol. The van der Waals surface area contributed by atoms with Crippen molar-refractivity contribution < 1.29 is 8.78 Å². The maximum absolute atomic E-state index is 14.5. The van der Waals surface area contributed by atoms with Crippen LogP contribution in [0.5, 0.6) is 0 Å². The van der Waals surface area contributed by atoms with Crippen molar-refractivity contribution in [2.45, 2.75) is 38.0 Å². The fraction of sp³-hybridized carbons (Fsp3) is 0.290. The Bertz CT molecular complexity index is 1080. The molecular weight excluding hydrogens is 424 g/mol. The lowest BCUT2D eigenvalue weighted by Crippen LogP contribution is -2.36. The van der Waals surface area contributed by atoms with Crippen molar-refractivity contribution in [3.8, 4) is 0 Å². The molecule has 0 amide bonds. The highest BCUT2D eigenvalue weighted by Gasteiger charge is 2.42. The first-order valence-electron chi connectivity index (χ1n) is 11.7. The van der Waals surface area contributed by atoms with Crippen molar-refractivity contribution in [3.63, 3.8) is 0 Å². The molecule has 0 radical (unpaired) electrons. The molecule has 3 heteroatoms. The minimum atomic E-state index is -2.79. The molecule has 0 bridgehead atoms. The minimum Gasteiger partial charge on any atom is -0.378 e. The van der Waals surface area contributed by atoms with Crippen LogP contribution < -0.4 is 4.90 Å². The molecule has 3 rings (SSSR count). The molecular formula is C31H35F2N. The number of rotatable bonds is 9. The molecule has 1 aliphatic carbocycles. The third kappa shape index (κ3) is 5.64. The number of nitrogens with zero attached hydrogens (tertiary/aromatic N) is 1. The number of hydrogen-bond donors (Lipinski definition) is 0. The van der Waals surface area contributed by atoms with Gasteiger partial charge in [0.2, 0.25) is 0 Å². The van der Waals surface area contributed by atoms with Gasteiger partial charge in [-0.15, -0.1) is 0 Å². The van der Waals surface area contributed by atoms with Gasteiger partial charge < -0.3 is 4.90 Å². The van der Waals surface area contributed by atoms with E-state index in [1.807, 2.05) is 56.6 Å². The van der Waals surface area contributed by atoms with Crippen molar-refractivity contribution in [3.05, 3.63) is 126 Å². The molecule has 2 unspecified atom stereocenters. The minimum absolute atomic E-state index is 0.304. The zero-order valence-corrected chi connectivity index (χ0v) is 20.6. The van der Waals surface area contributed by atoms with E-state index in [0.717, 1.165) is 34.9 Å². The Morgan fingerprint density at radius 3 is 2.32 bits per heavy atom. The van der Waals surface area contributed by atoms with E-state index in [1.54, 1.807) is 12.2 Å². The van der Waals surface area contributed by atoms with Gasteiger partial charge in [0.15, 0.2) is 0 Å². The summed E-state index contributed by atoms with van der Waals surface area (Å²) in [6.07, 6.45) is 14.2. The molecule has 0 saturated heterocycles. The first-order chi connectivity index (χ1) is 16.2. The van der Waals surface area contributed by atoms with Crippen molar-refractivity contribution in [2.75, 3.05) is 19.0 Å². The molecule has 0 saturated carbocycles. The predicted molar refractivity (Wildman–Crippen MR) is 142 cm³/mol. The van der Waals surface area contributed by atoms with E-state index < -0.39 is 17.3 Å². The molecule has 34 heavy (non-hydrogen) atoms. The van der Waals surface area contributed by atoms with Gasteiger partial charge in [0.05, 0.1) is 0 Å². The molecule has 2 aromatic carbocycles. The second kappa shape index (κ2) is 10.8. The molecule has 1 aliphatic rings.